The van der Waals surface area contributed by atoms with Crippen molar-refractivity contribution in [3.63, 3.8) is 0 Å². The largest absolute Gasteiger partial charge is 0.439 e. The molecule has 1 amide bonds. The van der Waals surface area contributed by atoms with Gasteiger partial charge in [-0.15, -0.1) is 0 Å². The summed E-state index contributed by atoms with van der Waals surface area (Å²) in [5.74, 6) is 0. The predicted octanol–water partition coefficient (Wildman–Crippen LogP) is 4.64. The zero-order valence-electron chi connectivity index (χ0n) is 15.4. The zero-order valence-corrected chi connectivity index (χ0v) is 15.4. The average molecular weight is 357 g/mol. The van der Waals surface area contributed by atoms with Gasteiger partial charge in [0.05, 0.1) is 0 Å². The Morgan fingerprint density at radius 3 is 2.15 bits per heavy atom. The number of carbonyl (C=O) groups is 1. The lowest BCUT2D eigenvalue weighted by Crippen LogP contribution is -2.55. The first-order valence-electron chi connectivity index (χ1n) is 8.97. The molecule has 0 bridgehead atoms. The maximum Gasteiger partial charge on any atom is 0.439 e. The summed E-state index contributed by atoms with van der Waals surface area (Å²) in [5.41, 5.74) is 3.68. The van der Waals surface area contributed by atoms with E-state index in [0.29, 0.717) is 0 Å². The van der Waals surface area contributed by atoms with Crippen LogP contribution in [0.2, 0.25) is 0 Å². The average Bonchev–Trinajstić information content (AvgIpc) is 3.37. The van der Waals surface area contributed by atoms with Crippen molar-refractivity contribution in [2.45, 2.75) is 19.9 Å². The van der Waals surface area contributed by atoms with Gasteiger partial charge in [-0.3, -0.25) is 0 Å². The summed E-state index contributed by atoms with van der Waals surface area (Å²) in [7, 11) is 0. The Labute approximate surface area is 158 Å². The van der Waals surface area contributed by atoms with Gasteiger partial charge in [0, 0.05) is 23.5 Å². The Hall–Kier alpha value is -3.31. The molecule has 0 N–H and O–H groups in total. The van der Waals surface area contributed by atoms with E-state index in [4.69, 9.17) is 4.99 Å². The van der Waals surface area contributed by atoms with E-state index in [2.05, 4.69) is 4.98 Å². The number of hydrogen-bond donors (Lipinski definition) is 0. The molecule has 1 aromatic heterocycles. The molecule has 0 spiro atoms. The van der Waals surface area contributed by atoms with Crippen molar-refractivity contribution in [2.24, 2.45) is 4.99 Å². The molecule has 1 unspecified atom stereocenters. The minimum Gasteiger partial charge on any atom is -0.245 e. The lowest BCUT2D eigenvalue weighted by molar-refractivity contribution is -0.696. The van der Waals surface area contributed by atoms with Crippen molar-refractivity contribution in [3.05, 3.63) is 90.5 Å². The number of aromatic nitrogens is 2. The second kappa shape index (κ2) is 6.78. The molecule has 1 aliphatic heterocycles. The molecule has 0 fully saturated rings. The molecule has 0 saturated heterocycles. The van der Waals surface area contributed by atoms with Crippen molar-refractivity contribution in [3.8, 4) is 0 Å². The highest BCUT2D eigenvalue weighted by atomic mass is 16.2. The van der Waals surface area contributed by atoms with E-state index in [9.17, 15) is 4.79 Å². The lowest BCUT2D eigenvalue weighted by Gasteiger charge is -2.33. The van der Waals surface area contributed by atoms with E-state index >= 15 is 0 Å². The van der Waals surface area contributed by atoms with Gasteiger partial charge in [0.2, 0.25) is 6.34 Å². The highest BCUT2D eigenvalue weighted by Gasteiger charge is 2.50. The summed E-state index contributed by atoms with van der Waals surface area (Å²) >= 11 is 0. The number of benzene rings is 2. The first-order chi connectivity index (χ1) is 13.1. The van der Waals surface area contributed by atoms with Gasteiger partial charge >= 0.3 is 6.03 Å². The molecule has 27 heavy (non-hydrogen) atoms. The summed E-state index contributed by atoms with van der Waals surface area (Å²) < 4.78 is 1.54. The molecule has 0 aliphatic carbocycles. The maximum absolute atomic E-state index is 13.6. The molecule has 3 aromatic rings. The molecule has 1 atom stereocenters. The third-order valence-electron chi connectivity index (χ3n) is 4.91. The van der Waals surface area contributed by atoms with Gasteiger partial charge in [0.25, 0.3) is 0 Å². The third-order valence-corrected chi connectivity index (χ3v) is 4.91. The highest BCUT2D eigenvalue weighted by Crippen LogP contribution is 2.41. The van der Waals surface area contributed by atoms with Crippen LogP contribution in [0.25, 0.3) is 11.4 Å². The molecule has 5 nitrogen and oxygen atoms in total. The van der Waals surface area contributed by atoms with E-state index in [-0.39, 0.29) is 16.6 Å². The molecular weight excluding hydrogens is 336 g/mol. The van der Waals surface area contributed by atoms with Crippen LogP contribution in [0.3, 0.4) is 0 Å². The summed E-state index contributed by atoms with van der Waals surface area (Å²) in [6.07, 6.45) is 6.60. The molecule has 0 radical (unpaired) electrons. The fourth-order valence-electron chi connectivity index (χ4n) is 3.52. The summed E-state index contributed by atoms with van der Waals surface area (Å²) in [5, 5.41) is 0. The van der Waals surface area contributed by atoms with Crippen molar-refractivity contribution in [2.75, 3.05) is 0 Å². The number of amides is 1. The second-order valence-electron chi connectivity index (χ2n) is 6.80. The van der Waals surface area contributed by atoms with Gasteiger partial charge in [0.15, 0.2) is 5.70 Å². The van der Waals surface area contributed by atoms with Gasteiger partial charge in [-0.25, -0.2) is 14.3 Å². The van der Waals surface area contributed by atoms with Crippen molar-refractivity contribution in [1.82, 2.24) is 9.55 Å². The number of nitrogens with zero attached hydrogens (tertiary/aromatic N) is 4. The summed E-state index contributed by atoms with van der Waals surface area (Å²) in [6, 6.07) is 19.9. The fraction of sp³-hybridized carbons (Fsp3) is 0.136. The van der Waals surface area contributed by atoms with Crippen molar-refractivity contribution in [1.29, 1.82) is 0 Å². The smallest absolute Gasteiger partial charge is 0.245 e. The van der Waals surface area contributed by atoms with E-state index in [1.54, 1.807) is 25.1 Å². The Balaban J connectivity index is 2.00. The number of carbonyl (C=O) groups excluding carboxylic acids is 1. The van der Waals surface area contributed by atoms with Gasteiger partial charge in [-0.05, 0) is 26.0 Å². The van der Waals surface area contributed by atoms with Crippen LogP contribution in [-0.4, -0.2) is 32.4 Å². The Morgan fingerprint density at radius 2 is 1.59 bits per heavy atom. The first kappa shape index (κ1) is 17.1. The van der Waals surface area contributed by atoms with E-state index in [0.717, 1.165) is 22.5 Å². The van der Waals surface area contributed by atoms with Gasteiger partial charge in [-0.1, -0.05) is 48.5 Å². The first-order valence-corrected chi connectivity index (χ1v) is 8.97. The standard InChI is InChI=1S/C22H21N4O/c1-17(2)26(22(27)25-14-13-23-15-25)16-24-20(18-9-5-3-6-10-18)21(26)19-11-7-4-8-12-19/h3-17H,1-2H3/q+1. The molecule has 2 aromatic carbocycles. The van der Waals surface area contributed by atoms with Crippen LogP contribution < -0.4 is 0 Å². The molecule has 1 aliphatic rings. The topological polar surface area (TPSA) is 47.2 Å². The molecule has 0 saturated carbocycles. The number of rotatable bonds is 3. The number of quaternary nitrogens is 1. The van der Waals surface area contributed by atoms with Gasteiger partial charge < -0.3 is 0 Å². The summed E-state index contributed by atoms with van der Waals surface area (Å²) in [6.45, 7) is 4.08. The number of aliphatic imine (C=N–C) groups is 1. The monoisotopic (exact) mass is 357 g/mol. The van der Waals surface area contributed by atoms with E-state index in [1.165, 1.54) is 4.57 Å². The van der Waals surface area contributed by atoms with E-state index in [1.807, 2.05) is 74.5 Å². The van der Waals surface area contributed by atoms with Crippen molar-refractivity contribution < 1.29 is 9.28 Å². The molecular formula is C22H21N4O+. The van der Waals surface area contributed by atoms with E-state index < -0.39 is 0 Å². The molecule has 5 heteroatoms. The van der Waals surface area contributed by atoms with Crippen LogP contribution in [0.4, 0.5) is 4.79 Å². The Bertz CT molecular complexity index is 1000. The number of imidazole rings is 1. The highest BCUT2D eigenvalue weighted by molar-refractivity contribution is 6.01. The lowest BCUT2D eigenvalue weighted by atomic mass is 10.0. The quantitative estimate of drug-likeness (QED) is 0.641. The maximum atomic E-state index is 13.6. The van der Waals surface area contributed by atoms with Crippen LogP contribution in [0.5, 0.6) is 0 Å². The van der Waals surface area contributed by atoms with Gasteiger partial charge in [-0.2, -0.15) is 9.48 Å². The second-order valence-corrected chi connectivity index (χ2v) is 6.80. The van der Waals surface area contributed by atoms with Crippen LogP contribution in [0.15, 0.2) is 84.4 Å². The Morgan fingerprint density at radius 1 is 0.963 bits per heavy atom. The third kappa shape index (κ3) is 2.73. The predicted molar refractivity (Wildman–Crippen MR) is 107 cm³/mol. The molecule has 2 heterocycles. The van der Waals surface area contributed by atoms with Crippen LogP contribution >= 0.6 is 0 Å². The summed E-state index contributed by atoms with van der Waals surface area (Å²) in [4.78, 5) is 22.4. The molecule has 4 rings (SSSR count). The van der Waals surface area contributed by atoms with Crippen LogP contribution in [0, 0.1) is 0 Å². The van der Waals surface area contributed by atoms with Crippen LogP contribution in [0.1, 0.15) is 25.0 Å². The van der Waals surface area contributed by atoms with Gasteiger partial charge in [0.1, 0.15) is 18.1 Å². The SMILES string of the molecule is CC(C)[N+]1(C(=O)n2ccnc2)C=NC(c2ccccc2)=C1c1ccccc1. The number of hydrogen-bond acceptors (Lipinski definition) is 3. The van der Waals surface area contributed by atoms with Crippen molar-refractivity contribution >= 4 is 23.8 Å². The molecule has 134 valence electrons. The normalized spacial score (nSPS) is 19.1. The zero-order chi connectivity index (χ0) is 18.9. The van der Waals surface area contributed by atoms with Crippen LogP contribution in [-0.2, 0) is 0 Å². The minimum absolute atomic E-state index is 0.00456. The Kier molecular flexibility index (Phi) is 4.30. The fourth-order valence-corrected chi connectivity index (χ4v) is 3.52. The minimum atomic E-state index is -0.101.